The predicted octanol–water partition coefficient (Wildman–Crippen LogP) is 0.906. The van der Waals surface area contributed by atoms with Crippen LogP contribution in [0.2, 0.25) is 0 Å². The molecule has 1 aromatic carbocycles. The van der Waals surface area contributed by atoms with Gasteiger partial charge in [-0.15, -0.1) is 0 Å². The number of carbonyl (C=O) groups is 1. The van der Waals surface area contributed by atoms with Gasteiger partial charge in [-0.1, -0.05) is 0 Å². The largest absolute Gasteiger partial charge is 0.352 e. The van der Waals surface area contributed by atoms with Gasteiger partial charge in [-0.25, -0.2) is 19.6 Å². The lowest BCUT2D eigenvalue weighted by atomic mass is 10.1. The molecule has 1 aliphatic rings. The van der Waals surface area contributed by atoms with Gasteiger partial charge in [0, 0.05) is 38.8 Å². The monoisotopic (exact) mass is 389 g/mol. The molecule has 4 aromatic rings. The summed E-state index contributed by atoms with van der Waals surface area (Å²) < 4.78 is 3.40. The number of rotatable bonds is 3. The molecule has 1 saturated heterocycles. The number of hydrogen-bond donors (Lipinski definition) is 0. The number of carbonyl (C=O) groups excluding carboxylic acids is 1. The SMILES string of the molecule is Cn1ncc2c(N3CCN(C(=O)c4ccc(-n5cncn5)cc4)CC3)ncnc21. The first-order valence-corrected chi connectivity index (χ1v) is 9.33. The van der Waals surface area contributed by atoms with Crippen molar-refractivity contribution in [2.24, 2.45) is 7.05 Å². The van der Waals surface area contributed by atoms with Crippen LogP contribution in [0, 0.1) is 0 Å². The number of fused-ring (bicyclic) bond motifs is 1. The second kappa shape index (κ2) is 6.97. The van der Waals surface area contributed by atoms with Crippen LogP contribution in [0.1, 0.15) is 10.4 Å². The molecule has 1 aliphatic heterocycles. The van der Waals surface area contributed by atoms with Crippen molar-refractivity contribution >= 4 is 22.8 Å². The normalized spacial score (nSPS) is 14.5. The highest BCUT2D eigenvalue weighted by atomic mass is 16.2. The molecular weight excluding hydrogens is 370 g/mol. The lowest BCUT2D eigenvalue weighted by Gasteiger charge is -2.35. The van der Waals surface area contributed by atoms with E-state index in [2.05, 4.69) is 30.0 Å². The van der Waals surface area contributed by atoms with Gasteiger partial charge >= 0.3 is 0 Å². The van der Waals surface area contributed by atoms with Gasteiger partial charge in [-0.2, -0.15) is 10.2 Å². The van der Waals surface area contributed by atoms with E-state index in [4.69, 9.17) is 0 Å². The number of anilines is 1. The van der Waals surface area contributed by atoms with Gasteiger partial charge in [0.1, 0.15) is 24.8 Å². The molecule has 0 spiro atoms. The highest BCUT2D eigenvalue weighted by Crippen LogP contribution is 2.23. The van der Waals surface area contributed by atoms with Gasteiger partial charge < -0.3 is 9.80 Å². The fourth-order valence-electron chi connectivity index (χ4n) is 3.60. The van der Waals surface area contributed by atoms with E-state index in [1.165, 1.54) is 6.33 Å². The van der Waals surface area contributed by atoms with Gasteiger partial charge in [0.25, 0.3) is 5.91 Å². The summed E-state index contributed by atoms with van der Waals surface area (Å²) in [5.74, 6) is 0.899. The minimum atomic E-state index is 0.0315. The van der Waals surface area contributed by atoms with Gasteiger partial charge in [0.15, 0.2) is 5.65 Å². The zero-order chi connectivity index (χ0) is 19.8. The second-order valence-corrected chi connectivity index (χ2v) is 6.87. The maximum Gasteiger partial charge on any atom is 0.253 e. The van der Waals surface area contributed by atoms with Gasteiger partial charge in [0.05, 0.1) is 17.3 Å². The van der Waals surface area contributed by atoms with Crippen LogP contribution in [0.5, 0.6) is 0 Å². The molecular formula is C19H19N9O. The molecule has 0 saturated carbocycles. The summed E-state index contributed by atoms with van der Waals surface area (Å²) in [5, 5.41) is 9.30. The molecule has 10 heteroatoms. The average molecular weight is 389 g/mol. The fraction of sp³-hybridized carbons (Fsp3) is 0.263. The van der Waals surface area contributed by atoms with Crippen molar-refractivity contribution in [1.29, 1.82) is 0 Å². The summed E-state index contributed by atoms with van der Waals surface area (Å²) in [5.41, 5.74) is 2.34. The van der Waals surface area contributed by atoms with Crippen LogP contribution < -0.4 is 4.90 Å². The Hall–Kier alpha value is -3.82. The summed E-state index contributed by atoms with van der Waals surface area (Å²) in [7, 11) is 1.86. The number of aromatic nitrogens is 7. The molecule has 0 unspecified atom stereocenters. The molecule has 3 aromatic heterocycles. The van der Waals surface area contributed by atoms with Crippen LogP contribution in [-0.4, -0.2) is 71.5 Å². The van der Waals surface area contributed by atoms with Crippen LogP contribution in [0.3, 0.4) is 0 Å². The Bertz CT molecular complexity index is 1140. The third-order valence-corrected chi connectivity index (χ3v) is 5.17. The van der Waals surface area contributed by atoms with Crippen LogP contribution >= 0.6 is 0 Å². The van der Waals surface area contributed by atoms with Crippen molar-refractivity contribution < 1.29 is 4.79 Å². The molecule has 5 rings (SSSR count). The number of amides is 1. The van der Waals surface area contributed by atoms with Crippen molar-refractivity contribution in [3.8, 4) is 5.69 Å². The summed E-state index contributed by atoms with van der Waals surface area (Å²) in [6, 6.07) is 7.40. The Morgan fingerprint density at radius 1 is 0.966 bits per heavy atom. The first-order valence-electron chi connectivity index (χ1n) is 9.33. The Kier molecular flexibility index (Phi) is 4.15. The van der Waals surface area contributed by atoms with E-state index >= 15 is 0 Å². The minimum Gasteiger partial charge on any atom is -0.352 e. The smallest absolute Gasteiger partial charge is 0.253 e. The van der Waals surface area contributed by atoms with Crippen molar-refractivity contribution in [3.63, 3.8) is 0 Å². The van der Waals surface area contributed by atoms with Crippen molar-refractivity contribution in [2.75, 3.05) is 31.1 Å². The van der Waals surface area contributed by atoms with Crippen LogP contribution in [0.15, 0.2) is 49.4 Å². The summed E-state index contributed by atoms with van der Waals surface area (Å²) in [4.78, 5) is 29.6. The molecule has 146 valence electrons. The maximum absolute atomic E-state index is 12.9. The highest BCUT2D eigenvalue weighted by Gasteiger charge is 2.24. The van der Waals surface area contributed by atoms with E-state index in [0.717, 1.165) is 22.5 Å². The van der Waals surface area contributed by atoms with Crippen molar-refractivity contribution in [2.45, 2.75) is 0 Å². The second-order valence-electron chi connectivity index (χ2n) is 6.87. The quantitative estimate of drug-likeness (QED) is 0.514. The molecule has 0 N–H and O–H groups in total. The minimum absolute atomic E-state index is 0.0315. The van der Waals surface area contributed by atoms with Gasteiger partial charge in [0.2, 0.25) is 0 Å². The highest BCUT2D eigenvalue weighted by molar-refractivity contribution is 5.94. The topological polar surface area (TPSA) is 97.9 Å². The molecule has 1 fully saturated rings. The average Bonchev–Trinajstić information content (AvgIpc) is 3.44. The summed E-state index contributed by atoms with van der Waals surface area (Å²) >= 11 is 0. The lowest BCUT2D eigenvalue weighted by Crippen LogP contribution is -2.49. The third kappa shape index (κ3) is 3.08. The van der Waals surface area contributed by atoms with Gasteiger partial charge in [-0.05, 0) is 24.3 Å². The Morgan fingerprint density at radius 3 is 2.48 bits per heavy atom. The zero-order valence-corrected chi connectivity index (χ0v) is 15.9. The number of hydrogen-bond acceptors (Lipinski definition) is 7. The van der Waals surface area contributed by atoms with E-state index in [0.29, 0.717) is 31.7 Å². The van der Waals surface area contributed by atoms with E-state index < -0.39 is 0 Å². The molecule has 0 atom stereocenters. The number of piperazine rings is 1. The maximum atomic E-state index is 12.9. The van der Waals surface area contributed by atoms with Crippen LogP contribution in [-0.2, 0) is 7.05 Å². The fourth-order valence-corrected chi connectivity index (χ4v) is 3.60. The van der Waals surface area contributed by atoms with Crippen molar-refractivity contribution in [1.82, 2.24) is 39.4 Å². The Labute approximate surface area is 166 Å². The first-order chi connectivity index (χ1) is 14.2. The van der Waals surface area contributed by atoms with Gasteiger partial charge in [-0.3, -0.25) is 9.48 Å². The van der Waals surface area contributed by atoms with Crippen LogP contribution in [0.4, 0.5) is 5.82 Å². The molecule has 10 nitrogen and oxygen atoms in total. The van der Waals surface area contributed by atoms with Crippen LogP contribution in [0.25, 0.3) is 16.7 Å². The number of benzene rings is 1. The number of aryl methyl sites for hydroxylation is 1. The standard InChI is InChI=1S/C19H19N9O/c1-25-17-16(10-23-25)18(22-12-21-17)26-6-8-27(9-7-26)19(29)14-2-4-15(5-3-14)28-13-20-11-24-28/h2-5,10-13H,6-9H2,1H3. The van der Waals surface area contributed by atoms with E-state index in [1.807, 2.05) is 36.2 Å². The van der Waals surface area contributed by atoms with E-state index in [1.54, 1.807) is 28.2 Å². The zero-order valence-electron chi connectivity index (χ0n) is 15.9. The first kappa shape index (κ1) is 17.3. The Morgan fingerprint density at radius 2 is 1.76 bits per heavy atom. The third-order valence-electron chi connectivity index (χ3n) is 5.17. The van der Waals surface area contributed by atoms with Crippen molar-refractivity contribution in [3.05, 3.63) is 55.0 Å². The molecule has 0 bridgehead atoms. The molecule has 1 amide bonds. The number of nitrogens with zero attached hydrogens (tertiary/aromatic N) is 9. The molecule has 4 heterocycles. The van der Waals surface area contributed by atoms with E-state index in [-0.39, 0.29) is 5.91 Å². The summed E-state index contributed by atoms with van der Waals surface area (Å²) in [6.45, 7) is 2.69. The predicted molar refractivity (Wildman–Crippen MR) is 106 cm³/mol. The molecule has 0 radical (unpaired) electrons. The van der Waals surface area contributed by atoms with E-state index in [9.17, 15) is 4.79 Å². The lowest BCUT2D eigenvalue weighted by molar-refractivity contribution is 0.0746. The summed E-state index contributed by atoms with van der Waals surface area (Å²) in [6.07, 6.45) is 6.46. The molecule has 29 heavy (non-hydrogen) atoms. The molecule has 0 aliphatic carbocycles. The Balaban J connectivity index is 1.28.